The second kappa shape index (κ2) is 10.8. The molecule has 1 aromatic carbocycles. The summed E-state index contributed by atoms with van der Waals surface area (Å²) in [6.45, 7) is 4.21. The van der Waals surface area contributed by atoms with E-state index in [9.17, 15) is 4.39 Å². The number of benzene rings is 1. The van der Waals surface area contributed by atoms with Crippen LogP contribution >= 0.6 is 35.7 Å². The Morgan fingerprint density at radius 2 is 2.31 bits per heavy atom. The van der Waals surface area contributed by atoms with Gasteiger partial charge in [-0.3, -0.25) is 0 Å². The number of guanidine groups is 1. The molecule has 8 heteroatoms. The molecule has 0 saturated carbocycles. The van der Waals surface area contributed by atoms with Crippen molar-refractivity contribution in [3.63, 3.8) is 0 Å². The summed E-state index contributed by atoms with van der Waals surface area (Å²) in [6.07, 6.45) is 7.51. The average Bonchev–Trinajstić information content (AvgIpc) is 3.31. The van der Waals surface area contributed by atoms with Crippen molar-refractivity contribution in [2.75, 3.05) is 18.8 Å². The number of rotatable bonds is 6. The molecule has 0 amide bonds. The van der Waals surface area contributed by atoms with Crippen LogP contribution in [-0.2, 0) is 6.54 Å². The van der Waals surface area contributed by atoms with Gasteiger partial charge in [-0.25, -0.2) is 14.4 Å². The molecule has 5 nitrogen and oxygen atoms in total. The number of hydrogen-bond donors (Lipinski definition) is 2. The van der Waals surface area contributed by atoms with Crippen LogP contribution in [-0.4, -0.2) is 39.6 Å². The van der Waals surface area contributed by atoms with Crippen LogP contribution in [0, 0.1) is 5.82 Å². The van der Waals surface area contributed by atoms with Crippen LogP contribution in [0.15, 0.2) is 41.9 Å². The van der Waals surface area contributed by atoms with Crippen molar-refractivity contribution in [2.45, 2.75) is 31.6 Å². The van der Waals surface area contributed by atoms with Crippen LogP contribution < -0.4 is 10.6 Å². The lowest BCUT2D eigenvalue weighted by molar-refractivity contribution is 0.615. The van der Waals surface area contributed by atoms with Gasteiger partial charge in [0.25, 0.3) is 0 Å². The van der Waals surface area contributed by atoms with Crippen molar-refractivity contribution < 1.29 is 4.39 Å². The molecule has 2 heterocycles. The Bertz CT molecular complexity index is 702. The Labute approximate surface area is 175 Å². The largest absolute Gasteiger partial charge is 0.357 e. The topological polar surface area (TPSA) is 54.2 Å². The quantitative estimate of drug-likeness (QED) is 0.370. The summed E-state index contributed by atoms with van der Waals surface area (Å²) in [6, 6.07) is 5.20. The maximum atomic E-state index is 14.3. The minimum absolute atomic E-state index is 0. The highest BCUT2D eigenvalue weighted by Gasteiger charge is 2.15. The third-order valence-electron chi connectivity index (χ3n) is 4.08. The molecule has 0 aliphatic carbocycles. The maximum Gasteiger partial charge on any atom is 0.191 e. The predicted octanol–water partition coefficient (Wildman–Crippen LogP) is 3.58. The van der Waals surface area contributed by atoms with Crippen molar-refractivity contribution in [2.24, 2.45) is 4.99 Å². The van der Waals surface area contributed by atoms with Crippen molar-refractivity contribution in [1.82, 2.24) is 20.2 Å². The molecule has 1 aliphatic heterocycles. The number of halogens is 2. The van der Waals surface area contributed by atoms with Gasteiger partial charge in [0.1, 0.15) is 5.82 Å². The van der Waals surface area contributed by atoms with E-state index in [1.165, 1.54) is 24.7 Å². The number of imidazole rings is 1. The number of nitrogens with zero attached hydrogens (tertiary/aromatic N) is 3. The fourth-order valence-corrected chi connectivity index (χ4v) is 3.99. The number of thioether (sulfide) groups is 1. The summed E-state index contributed by atoms with van der Waals surface area (Å²) in [5.74, 6) is 1.77. The lowest BCUT2D eigenvalue weighted by atomic mass is 10.2. The van der Waals surface area contributed by atoms with Crippen LogP contribution in [0.4, 0.5) is 4.39 Å². The van der Waals surface area contributed by atoms with Gasteiger partial charge < -0.3 is 15.2 Å². The Morgan fingerprint density at radius 1 is 1.42 bits per heavy atom. The first-order chi connectivity index (χ1) is 12.3. The monoisotopic (exact) mass is 489 g/mol. The fourth-order valence-electron chi connectivity index (χ4n) is 2.79. The second-order valence-corrected chi connectivity index (χ2v) is 7.38. The van der Waals surface area contributed by atoms with Gasteiger partial charge >= 0.3 is 0 Å². The summed E-state index contributed by atoms with van der Waals surface area (Å²) >= 11 is 2.02. The van der Waals surface area contributed by atoms with E-state index in [-0.39, 0.29) is 29.8 Å². The van der Waals surface area contributed by atoms with Gasteiger partial charge in [0.2, 0.25) is 0 Å². The molecule has 1 fully saturated rings. The van der Waals surface area contributed by atoms with Crippen molar-refractivity contribution in [3.8, 4) is 5.69 Å². The molecule has 142 valence electrons. The van der Waals surface area contributed by atoms with Gasteiger partial charge in [-0.05, 0) is 43.2 Å². The molecule has 2 N–H and O–H groups in total. The van der Waals surface area contributed by atoms with E-state index < -0.39 is 0 Å². The Kier molecular flexibility index (Phi) is 8.70. The Morgan fingerprint density at radius 3 is 2.96 bits per heavy atom. The molecule has 3 rings (SSSR count). The number of nitrogens with one attached hydrogen (secondary N) is 2. The van der Waals surface area contributed by atoms with Crippen LogP contribution in [0.25, 0.3) is 5.69 Å². The minimum atomic E-state index is -0.272. The smallest absolute Gasteiger partial charge is 0.191 e. The Hall–Kier alpha value is -1.29. The van der Waals surface area contributed by atoms with Gasteiger partial charge in [0, 0.05) is 30.7 Å². The molecule has 1 aromatic heterocycles. The van der Waals surface area contributed by atoms with E-state index in [0.29, 0.717) is 17.5 Å². The zero-order valence-electron chi connectivity index (χ0n) is 14.8. The van der Waals surface area contributed by atoms with Crippen LogP contribution in [0.1, 0.15) is 25.3 Å². The fraction of sp³-hybridized carbons (Fsp3) is 0.444. The SMILES string of the molecule is CCNC(=NCc1ccc(-n2ccnc2)c(F)c1)NCC1CCCS1.I. The van der Waals surface area contributed by atoms with E-state index in [0.717, 1.165) is 24.6 Å². The van der Waals surface area contributed by atoms with Gasteiger partial charge in [-0.1, -0.05) is 6.07 Å². The highest BCUT2D eigenvalue weighted by atomic mass is 127. The normalized spacial score (nSPS) is 17.0. The van der Waals surface area contributed by atoms with Gasteiger partial charge in [-0.2, -0.15) is 11.8 Å². The number of aliphatic imine (C=N–C) groups is 1. The summed E-state index contributed by atoms with van der Waals surface area (Å²) in [5.41, 5.74) is 1.34. The lowest BCUT2D eigenvalue weighted by Gasteiger charge is -2.14. The predicted molar refractivity (Wildman–Crippen MR) is 117 cm³/mol. The van der Waals surface area contributed by atoms with Crippen molar-refractivity contribution >= 4 is 41.7 Å². The molecular formula is C18H25FIN5S. The Balaban J connectivity index is 0.00000243. The molecule has 0 bridgehead atoms. The van der Waals surface area contributed by atoms with E-state index in [2.05, 4.69) is 20.6 Å². The van der Waals surface area contributed by atoms with Gasteiger partial charge in [0.15, 0.2) is 5.96 Å². The maximum absolute atomic E-state index is 14.3. The van der Waals surface area contributed by atoms with Crippen LogP contribution in [0.3, 0.4) is 0 Å². The third-order valence-corrected chi connectivity index (χ3v) is 5.48. The minimum Gasteiger partial charge on any atom is -0.357 e. The van der Waals surface area contributed by atoms with Crippen LogP contribution in [0.5, 0.6) is 0 Å². The van der Waals surface area contributed by atoms with E-state index in [1.807, 2.05) is 24.8 Å². The zero-order chi connectivity index (χ0) is 17.5. The first kappa shape index (κ1) is 21.0. The molecule has 1 saturated heterocycles. The summed E-state index contributed by atoms with van der Waals surface area (Å²) < 4.78 is 16.0. The standard InChI is InChI=1S/C18H24FN5S.HI/c1-2-21-18(23-12-15-4-3-9-25-15)22-11-14-5-6-17(16(19)10-14)24-8-7-20-13-24;/h5-8,10,13,15H,2-4,9,11-12H2,1H3,(H2,21,22,23);1H. The molecule has 1 unspecified atom stereocenters. The summed E-state index contributed by atoms with van der Waals surface area (Å²) in [7, 11) is 0. The van der Waals surface area contributed by atoms with Gasteiger partial charge in [-0.15, -0.1) is 24.0 Å². The third kappa shape index (κ3) is 5.87. The molecule has 0 radical (unpaired) electrons. The molecule has 26 heavy (non-hydrogen) atoms. The first-order valence-electron chi connectivity index (χ1n) is 8.67. The molecule has 1 atom stereocenters. The van der Waals surface area contributed by atoms with Gasteiger partial charge in [0.05, 0.1) is 18.6 Å². The van der Waals surface area contributed by atoms with E-state index in [4.69, 9.17) is 0 Å². The second-order valence-electron chi connectivity index (χ2n) is 5.97. The summed E-state index contributed by atoms with van der Waals surface area (Å²) in [4.78, 5) is 8.53. The molecule has 2 aromatic rings. The molecular weight excluding hydrogens is 464 g/mol. The van der Waals surface area contributed by atoms with Crippen molar-refractivity contribution in [1.29, 1.82) is 0 Å². The first-order valence-corrected chi connectivity index (χ1v) is 9.71. The molecule has 0 spiro atoms. The highest BCUT2D eigenvalue weighted by Crippen LogP contribution is 2.25. The van der Waals surface area contributed by atoms with E-state index >= 15 is 0 Å². The van der Waals surface area contributed by atoms with Crippen molar-refractivity contribution in [3.05, 3.63) is 48.3 Å². The highest BCUT2D eigenvalue weighted by molar-refractivity contribution is 14.0. The van der Waals surface area contributed by atoms with Crippen LogP contribution in [0.2, 0.25) is 0 Å². The average molecular weight is 489 g/mol. The van der Waals surface area contributed by atoms with E-state index in [1.54, 1.807) is 29.4 Å². The number of hydrogen-bond acceptors (Lipinski definition) is 3. The zero-order valence-corrected chi connectivity index (χ0v) is 18.0. The number of aromatic nitrogens is 2. The summed E-state index contributed by atoms with van der Waals surface area (Å²) in [5, 5.41) is 7.30. The molecule has 1 aliphatic rings. The lowest BCUT2D eigenvalue weighted by Crippen LogP contribution is -2.40.